The SMILES string of the molecule is Fc1ccc(-c2nn(-c3ccc(Cl)cc3C(F)(F)F)c3c2CCCCN3)c(Cl)c1. The number of nitrogens with one attached hydrogen (secondary N) is 1. The molecule has 29 heavy (non-hydrogen) atoms. The first-order valence-corrected chi connectivity index (χ1v) is 9.69. The van der Waals surface area contributed by atoms with Gasteiger partial charge < -0.3 is 5.32 Å². The van der Waals surface area contributed by atoms with Gasteiger partial charge in [0.2, 0.25) is 0 Å². The minimum Gasteiger partial charge on any atom is -0.370 e. The first-order valence-electron chi connectivity index (χ1n) is 8.94. The summed E-state index contributed by atoms with van der Waals surface area (Å²) in [5, 5.41) is 7.79. The topological polar surface area (TPSA) is 29.9 Å². The summed E-state index contributed by atoms with van der Waals surface area (Å²) in [6, 6.07) is 7.47. The number of hydrogen-bond donors (Lipinski definition) is 1. The minimum atomic E-state index is -4.61. The van der Waals surface area contributed by atoms with Gasteiger partial charge in [-0.05, 0) is 55.7 Å². The highest BCUT2D eigenvalue weighted by molar-refractivity contribution is 6.33. The Morgan fingerprint density at radius 1 is 1.03 bits per heavy atom. The van der Waals surface area contributed by atoms with E-state index in [9.17, 15) is 17.6 Å². The lowest BCUT2D eigenvalue weighted by molar-refractivity contribution is -0.137. The maximum Gasteiger partial charge on any atom is 0.418 e. The molecule has 9 heteroatoms. The van der Waals surface area contributed by atoms with Crippen molar-refractivity contribution in [3.8, 4) is 16.9 Å². The number of benzene rings is 2. The van der Waals surface area contributed by atoms with Crippen LogP contribution in [0.5, 0.6) is 0 Å². The second-order valence-electron chi connectivity index (χ2n) is 6.75. The van der Waals surface area contributed by atoms with Gasteiger partial charge >= 0.3 is 6.18 Å². The predicted molar refractivity (Wildman–Crippen MR) is 105 cm³/mol. The van der Waals surface area contributed by atoms with Crippen molar-refractivity contribution in [1.29, 1.82) is 0 Å². The van der Waals surface area contributed by atoms with Crippen LogP contribution in [0, 0.1) is 5.82 Å². The summed E-state index contributed by atoms with van der Waals surface area (Å²) in [7, 11) is 0. The molecule has 152 valence electrons. The molecule has 0 fully saturated rings. The molecule has 1 N–H and O–H groups in total. The van der Waals surface area contributed by atoms with Gasteiger partial charge in [0.1, 0.15) is 11.6 Å². The fourth-order valence-corrected chi connectivity index (χ4v) is 3.92. The van der Waals surface area contributed by atoms with E-state index in [-0.39, 0.29) is 15.7 Å². The molecule has 1 aromatic heterocycles. The van der Waals surface area contributed by atoms with Gasteiger partial charge in [0.05, 0.1) is 22.0 Å². The molecule has 2 heterocycles. The Hall–Kier alpha value is -2.25. The van der Waals surface area contributed by atoms with Gasteiger partial charge in [0, 0.05) is 22.7 Å². The van der Waals surface area contributed by atoms with Crippen molar-refractivity contribution in [3.05, 3.63) is 63.4 Å². The lowest BCUT2D eigenvalue weighted by Gasteiger charge is -2.16. The highest BCUT2D eigenvalue weighted by Crippen LogP contribution is 2.41. The first kappa shape index (κ1) is 20.0. The third-order valence-corrected chi connectivity index (χ3v) is 5.36. The average Bonchev–Trinajstić information content (AvgIpc) is 2.83. The van der Waals surface area contributed by atoms with Crippen molar-refractivity contribution in [1.82, 2.24) is 9.78 Å². The van der Waals surface area contributed by atoms with E-state index in [0.717, 1.165) is 30.5 Å². The number of rotatable bonds is 2. The van der Waals surface area contributed by atoms with E-state index >= 15 is 0 Å². The van der Waals surface area contributed by atoms with Crippen LogP contribution in [-0.2, 0) is 12.6 Å². The van der Waals surface area contributed by atoms with Crippen molar-refractivity contribution >= 4 is 29.0 Å². The monoisotopic (exact) mass is 443 g/mol. The van der Waals surface area contributed by atoms with Gasteiger partial charge in [0.25, 0.3) is 0 Å². The molecule has 0 saturated carbocycles. The summed E-state index contributed by atoms with van der Waals surface area (Å²) in [5.74, 6) is -0.0230. The molecule has 1 aliphatic heterocycles. The standard InChI is InChI=1S/C20H15Cl2F4N3/c21-11-4-7-17(15(9-11)20(24,25)26)29-19-14(3-1-2-8-27-19)18(28-29)13-6-5-12(23)10-16(13)22/h4-7,9-10,27H,1-3,8H2. The third kappa shape index (κ3) is 3.81. The molecular formula is C20H15Cl2F4N3. The van der Waals surface area contributed by atoms with Crippen molar-refractivity contribution in [2.75, 3.05) is 11.9 Å². The van der Waals surface area contributed by atoms with Crippen LogP contribution in [0.4, 0.5) is 23.4 Å². The molecule has 0 aliphatic carbocycles. The largest absolute Gasteiger partial charge is 0.418 e. The van der Waals surface area contributed by atoms with E-state index in [2.05, 4.69) is 10.4 Å². The molecule has 0 atom stereocenters. The third-order valence-electron chi connectivity index (χ3n) is 4.81. The van der Waals surface area contributed by atoms with Gasteiger partial charge in [-0.15, -0.1) is 0 Å². The van der Waals surface area contributed by atoms with Gasteiger partial charge in [-0.25, -0.2) is 9.07 Å². The van der Waals surface area contributed by atoms with Crippen molar-refractivity contribution in [2.24, 2.45) is 0 Å². The number of alkyl halides is 3. The fraction of sp³-hybridized carbons (Fsp3) is 0.250. The summed E-state index contributed by atoms with van der Waals surface area (Å²) in [6.07, 6.45) is -2.31. The molecule has 0 saturated heterocycles. The minimum absolute atomic E-state index is 0.0194. The summed E-state index contributed by atoms with van der Waals surface area (Å²) < 4.78 is 55.8. The Labute approximate surface area is 174 Å². The summed E-state index contributed by atoms with van der Waals surface area (Å²) in [5.41, 5.74) is 0.617. The molecule has 4 rings (SSSR count). The second-order valence-corrected chi connectivity index (χ2v) is 7.60. The quantitative estimate of drug-likeness (QED) is 0.443. The molecule has 1 aliphatic rings. The smallest absolute Gasteiger partial charge is 0.370 e. The number of halogens is 6. The molecule has 2 aromatic carbocycles. The lowest BCUT2D eigenvalue weighted by atomic mass is 10.0. The first-order chi connectivity index (χ1) is 13.8. The van der Waals surface area contributed by atoms with Crippen LogP contribution in [-0.4, -0.2) is 16.3 Å². The van der Waals surface area contributed by atoms with Crippen molar-refractivity contribution in [3.63, 3.8) is 0 Å². The molecule has 0 unspecified atom stereocenters. The molecule has 3 aromatic rings. The van der Waals surface area contributed by atoms with Crippen LogP contribution in [0.1, 0.15) is 24.0 Å². The van der Waals surface area contributed by atoms with Crippen molar-refractivity contribution < 1.29 is 17.6 Å². The highest BCUT2D eigenvalue weighted by atomic mass is 35.5. The fourth-order valence-electron chi connectivity index (χ4n) is 3.49. The Bertz CT molecular complexity index is 1080. The van der Waals surface area contributed by atoms with E-state index in [1.165, 1.54) is 28.9 Å². The molecule has 0 amide bonds. The van der Waals surface area contributed by atoms with Crippen LogP contribution < -0.4 is 5.32 Å². The normalized spacial score (nSPS) is 14.3. The van der Waals surface area contributed by atoms with E-state index in [0.29, 0.717) is 30.0 Å². The Balaban J connectivity index is 1.98. The lowest BCUT2D eigenvalue weighted by Crippen LogP contribution is -2.14. The summed E-state index contributed by atoms with van der Waals surface area (Å²) in [4.78, 5) is 0. The molecule has 0 spiro atoms. The predicted octanol–water partition coefficient (Wildman–Crippen LogP) is 6.75. The number of hydrogen-bond acceptors (Lipinski definition) is 2. The summed E-state index contributed by atoms with van der Waals surface area (Å²) in [6.45, 7) is 0.601. The zero-order valence-electron chi connectivity index (χ0n) is 15.0. The zero-order valence-corrected chi connectivity index (χ0v) is 16.5. The second kappa shape index (κ2) is 7.54. The van der Waals surface area contributed by atoms with E-state index in [4.69, 9.17) is 23.2 Å². The van der Waals surface area contributed by atoms with E-state index in [1.54, 1.807) is 0 Å². The number of anilines is 1. The van der Waals surface area contributed by atoms with Crippen LogP contribution in [0.2, 0.25) is 10.0 Å². The number of nitrogens with zero attached hydrogens (tertiary/aromatic N) is 2. The molecule has 3 nitrogen and oxygen atoms in total. The maximum atomic E-state index is 13.7. The van der Waals surface area contributed by atoms with Crippen molar-refractivity contribution in [2.45, 2.75) is 25.4 Å². The van der Waals surface area contributed by atoms with Gasteiger partial charge in [0.15, 0.2) is 0 Å². The number of fused-ring (bicyclic) bond motifs is 1. The van der Waals surface area contributed by atoms with Crippen LogP contribution in [0.25, 0.3) is 16.9 Å². The van der Waals surface area contributed by atoms with E-state index in [1.807, 2.05) is 0 Å². The van der Waals surface area contributed by atoms with Gasteiger partial charge in [-0.2, -0.15) is 18.3 Å². The Morgan fingerprint density at radius 3 is 2.55 bits per heavy atom. The zero-order chi connectivity index (χ0) is 20.8. The average molecular weight is 444 g/mol. The van der Waals surface area contributed by atoms with Crippen LogP contribution in [0.15, 0.2) is 36.4 Å². The molecular weight excluding hydrogens is 429 g/mol. The molecule has 0 bridgehead atoms. The van der Waals surface area contributed by atoms with Crippen LogP contribution >= 0.6 is 23.2 Å². The Kier molecular flexibility index (Phi) is 5.21. The highest BCUT2D eigenvalue weighted by Gasteiger charge is 2.36. The number of aromatic nitrogens is 2. The summed E-state index contributed by atoms with van der Waals surface area (Å²) >= 11 is 12.0. The van der Waals surface area contributed by atoms with Gasteiger partial charge in [-0.1, -0.05) is 23.2 Å². The maximum absolute atomic E-state index is 13.7. The van der Waals surface area contributed by atoms with E-state index < -0.39 is 17.6 Å². The van der Waals surface area contributed by atoms with Gasteiger partial charge in [-0.3, -0.25) is 0 Å². The molecule has 0 radical (unpaired) electrons. The Morgan fingerprint density at radius 2 is 1.83 bits per heavy atom. The van der Waals surface area contributed by atoms with Crippen LogP contribution in [0.3, 0.4) is 0 Å².